The number of amides is 1. The zero-order valence-corrected chi connectivity index (χ0v) is 17.1. The molecule has 9 heteroatoms. The molecule has 8 nitrogen and oxygen atoms in total. The Morgan fingerprint density at radius 1 is 1.03 bits per heavy atom. The number of aromatic nitrogens is 2. The number of rotatable bonds is 6. The molecule has 0 atom stereocenters. The van der Waals surface area contributed by atoms with Crippen LogP contribution in [0.3, 0.4) is 0 Å². The minimum absolute atomic E-state index is 0.0511. The molecule has 3 rings (SSSR count). The van der Waals surface area contributed by atoms with Crippen LogP contribution in [0.15, 0.2) is 75.4 Å². The summed E-state index contributed by atoms with van der Waals surface area (Å²) >= 11 is 0. The largest absolute Gasteiger partial charge is 0.324 e. The van der Waals surface area contributed by atoms with Crippen LogP contribution < -0.4 is 10.9 Å². The Hall–Kier alpha value is -3.59. The van der Waals surface area contributed by atoms with Crippen molar-refractivity contribution in [3.8, 4) is 0 Å². The Bertz CT molecular complexity index is 1280. The molecule has 0 aliphatic rings. The number of hydrogen-bond donors (Lipinski definition) is 1. The second kappa shape index (κ2) is 8.42. The zero-order chi connectivity index (χ0) is 21.9. The van der Waals surface area contributed by atoms with Gasteiger partial charge >= 0.3 is 0 Å². The van der Waals surface area contributed by atoms with E-state index in [1.807, 2.05) is 0 Å². The molecule has 0 bridgehead atoms. The number of Topliss-reactive ketones (excluding diaryl/α,β-unsaturated/α-hetero) is 1. The van der Waals surface area contributed by atoms with Gasteiger partial charge in [0.05, 0.1) is 4.90 Å². The molecular formula is C21H19N3O5S. The number of carbonyl (C=O) groups excluding carboxylic acids is 2. The summed E-state index contributed by atoms with van der Waals surface area (Å²) in [6, 6.07) is 14.8. The predicted molar refractivity (Wildman–Crippen MR) is 110 cm³/mol. The molecule has 0 spiro atoms. The monoisotopic (exact) mass is 425 g/mol. The Kier molecular flexibility index (Phi) is 5.93. The number of ketones is 1. The maximum absolute atomic E-state index is 12.8. The molecule has 0 aliphatic heterocycles. The van der Waals surface area contributed by atoms with E-state index < -0.39 is 27.8 Å². The highest BCUT2D eigenvalue weighted by molar-refractivity contribution is 7.91. The van der Waals surface area contributed by atoms with Crippen molar-refractivity contribution in [2.24, 2.45) is 0 Å². The minimum Gasteiger partial charge on any atom is -0.324 e. The summed E-state index contributed by atoms with van der Waals surface area (Å²) in [5.74, 6) is -0.666. The van der Waals surface area contributed by atoms with Gasteiger partial charge in [-0.05, 0) is 61.9 Å². The van der Waals surface area contributed by atoms with E-state index in [0.717, 1.165) is 22.4 Å². The number of aryl methyl sites for hydroxylation is 1. The van der Waals surface area contributed by atoms with Crippen molar-refractivity contribution in [2.45, 2.75) is 30.3 Å². The summed E-state index contributed by atoms with van der Waals surface area (Å²) in [6.45, 7) is 2.73. The Balaban J connectivity index is 1.82. The van der Waals surface area contributed by atoms with E-state index in [2.05, 4.69) is 10.4 Å². The highest BCUT2D eigenvalue weighted by Crippen LogP contribution is 2.19. The fourth-order valence-corrected chi connectivity index (χ4v) is 4.01. The molecule has 0 radical (unpaired) electrons. The van der Waals surface area contributed by atoms with Crippen LogP contribution in [0.4, 0.5) is 5.69 Å². The van der Waals surface area contributed by atoms with Crippen molar-refractivity contribution in [3.63, 3.8) is 0 Å². The summed E-state index contributed by atoms with van der Waals surface area (Å²) < 4.78 is 26.4. The molecular weight excluding hydrogens is 406 g/mol. The Morgan fingerprint density at radius 3 is 2.37 bits per heavy atom. The first-order valence-electron chi connectivity index (χ1n) is 8.97. The molecule has 0 saturated heterocycles. The van der Waals surface area contributed by atoms with E-state index in [1.165, 1.54) is 19.1 Å². The number of nitrogens with one attached hydrogen (secondary N) is 1. The Labute approximate surface area is 173 Å². The van der Waals surface area contributed by atoms with Crippen molar-refractivity contribution < 1.29 is 18.0 Å². The third-order valence-corrected chi connectivity index (χ3v) is 5.93. The van der Waals surface area contributed by atoms with Gasteiger partial charge in [-0.25, -0.2) is 13.1 Å². The van der Waals surface area contributed by atoms with Crippen LogP contribution in [0.25, 0.3) is 0 Å². The quantitative estimate of drug-likeness (QED) is 0.606. The second-order valence-corrected chi connectivity index (χ2v) is 8.57. The number of anilines is 1. The van der Waals surface area contributed by atoms with Gasteiger partial charge in [0.25, 0.3) is 5.56 Å². The maximum atomic E-state index is 12.8. The van der Waals surface area contributed by atoms with Gasteiger partial charge < -0.3 is 5.32 Å². The molecule has 0 fully saturated rings. The number of sulfone groups is 1. The molecule has 0 unspecified atom stereocenters. The minimum atomic E-state index is -3.94. The molecule has 154 valence electrons. The smallest absolute Gasteiger partial charge is 0.267 e. The average Bonchev–Trinajstić information content (AvgIpc) is 2.70. The van der Waals surface area contributed by atoms with Gasteiger partial charge in [-0.15, -0.1) is 0 Å². The van der Waals surface area contributed by atoms with E-state index in [4.69, 9.17) is 0 Å². The maximum Gasteiger partial charge on any atom is 0.267 e. The van der Waals surface area contributed by atoms with Crippen molar-refractivity contribution in [1.29, 1.82) is 0 Å². The van der Waals surface area contributed by atoms with Gasteiger partial charge in [0, 0.05) is 17.3 Å². The normalized spacial score (nSPS) is 11.1. The lowest BCUT2D eigenvalue weighted by molar-refractivity contribution is -0.117. The van der Waals surface area contributed by atoms with Crippen molar-refractivity contribution in [3.05, 3.63) is 82.1 Å². The third kappa shape index (κ3) is 4.69. The van der Waals surface area contributed by atoms with Crippen LogP contribution in [0, 0.1) is 6.92 Å². The first kappa shape index (κ1) is 21.1. The van der Waals surface area contributed by atoms with E-state index in [-0.39, 0.29) is 15.7 Å². The standard InChI is InChI=1S/C21H19N3O5S/c1-14-4-3-5-18(12-14)30(28,29)20-10-11-21(27)24(23-20)13-19(26)22-17-8-6-16(7-9-17)15(2)25/h3-12H,13H2,1-2H3,(H,22,26). The van der Waals surface area contributed by atoms with Crippen LogP contribution in [-0.4, -0.2) is 29.9 Å². The fraction of sp³-hybridized carbons (Fsp3) is 0.143. The molecule has 0 saturated carbocycles. The summed E-state index contributed by atoms with van der Waals surface area (Å²) in [5.41, 5.74) is 1.08. The molecule has 1 heterocycles. The first-order valence-corrected chi connectivity index (χ1v) is 10.5. The number of carbonyl (C=O) groups is 2. The summed E-state index contributed by atoms with van der Waals surface area (Å²) in [7, 11) is -3.94. The molecule has 1 N–H and O–H groups in total. The SMILES string of the molecule is CC(=O)c1ccc(NC(=O)Cn2nc(S(=O)(=O)c3cccc(C)c3)ccc2=O)cc1. The fourth-order valence-electron chi connectivity index (χ4n) is 2.71. The van der Waals surface area contributed by atoms with E-state index in [1.54, 1.807) is 43.3 Å². The van der Waals surface area contributed by atoms with Crippen molar-refractivity contribution in [1.82, 2.24) is 9.78 Å². The molecule has 2 aromatic carbocycles. The lowest BCUT2D eigenvalue weighted by Gasteiger charge is -2.09. The third-order valence-electron chi connectivity index (χ3n) is 4.29. The van der Waals surface area contributed by atoms with Crippen LogP contribution in [0.1, 0.15) is 22.8 Å². The van der Waals surface area contributed by atoms with Crippen LogP contribution in [0.5, 0.6) is 0 Å². The summed E-state index contributed by atoms with van der Waals surface area (Å²) in [6.07, 6.45) is 0. The zero-order valence-electron chi connectivity index (χ0n) is 16.3. The average molecular weight is 425 g/mol. The van der Waals surface area contributed by atoms with Gasteiger partial charge in [0.15, 0.2) is 10.8 Å². The van der Waals surface area contributed by atoms with Gasteiger partial charge in [-0.3, -0.25) is 14.4 Å². The van der Waals surface area contributed by atoms with Crippen LogP contribution in [-0.2, 0) is 21.2 Å². The van der Waals surface area contributed by atoms with Crippen LogP contribution >= 0.6 is 0 Å². The molecule has 0 aliphatic carbocycles. The van der Waals surface area contributed by atoms with Crippen LogP contribution in [0.2, 0.25) is 0 Å². The van der Waals surface area contributed by atoms with Gasteiger partial charge in [-0.1, -0.05) is 12.1 Å². The van der Waals surface area contributed by atoms with E-state index >= 15 is 0 Å². The second-order valence-electron chi connectivity index (χ2n) is 6.67. The summed E-state index contributed by atoms with van der Waals surface area (Å²) in [4.78, 5) is 35.7. The van der Waals surface area contributed by atoms with Crippen molar-refractivity contribution in [2.75, 3.05) is 5.32 Å². The van der Waals surface area contributed by atoms with E-state index in [0.29, 0.717) is 11.3 Å². The highest BCUT2D eigenvalue weighted by atomic mass is 32.2. The predicted octanol–water partition coefficient (Wildman–Crippen LogP) is 2.23. The van der Waals surface area contributed by atoms with Crippen molar-refractivity contribution >= 4 is 27.2 Å². The lowest BCUT2D eigenvalue weighted by Crippen LogP contribution is -2.30. The summed E-state index contributed by atoms with van der Waals surface area (Å²) in [5, 5.41) is 6.13. The molecule has 1 aromatic heterocycles. The topological polar surface area (TPSA) is 115 Å². The van der Waals surface area contributed by atoms with Gasteiger partial charge in [-0.2, -0.15) is 5.10 Å². The van der Waals surface area contributed by atoms with Gasteiger partial charge in [0.2, 0.25) is 15.7 Å². The highest BCUT2D eigenvalue weighted by Gasteiger charge is 2.21. The van der Waals surface area contributed by atoms with Gasteiger partial charge in [0.1, 0.15) is 6.54 Å². The number of benzene rings is 2. The molecule has 30 heavy (non-hydrogen) atoms. The Morgan fingerprint density at radius 2 is 1.73 bits per heavy atom. The van der Waals surface area contributed by atoms with E-state index in [9.17, 15) is 22.8 Å². The molecule has 1 amide bonds. The number of hydrogen-bond acceptors (Lipinski definition) is 6. The molecule has 3 aromatic rings. The lowest BCUT2D eigenvalue weighted by atomic mass is 10.1. The number of nitrogens with zero attached hydrogens (tertiary/aromatic N) is 2. The first-order chi connectivity index (χ1) is 14.2.